The van der Waals surface area contributed by atoms with Crippen molar-refractivity contribution in [2.45, 2.75) is 32.2 Å². The van der Waals surface area contributed by atoms with Crippen molar-refractivity contribution in [3.63, 3.8) is 0 Å². The number of amides is 1. The molecule has 0 aromatic heterocycles. The second kappa shape index (κ2) is 7.63. The number of ether oxygens (including phenoxy) is 1. The fraction of sp³-hybridized carbons (Fsp3) is 0.500. The highest BCUT2D eigenvalue weighted by molar-refractivity contribution is 5.73. The monoisotopic (exact) mass is 266 g/mol. The Bertz CT molecular complexity index is 421. The summed E-state index contributed by atoms with van der Waals surface area (Å²) < 4.78 is 5.08. The van der Waals surface area contributed by atoms with Gasteiger partial charge in [-0.05, 0) is 44.0 Å². The molecule has 1 aromatic carbocycles. The lowest BCUT2D eigenvalue weighted by Gasteiger charge is -2.15. The maximum absolute atomic E-state index is 10.6. The lowest BCUT2D eigenvalue weighted by Crippen LogP contribution is -2.20. The molecule has 0 aliphatic carbocycles. The van der Waals surface area contributed by atoms with Crippen LogP contribution in [0.1, 0.15) is 37.8 Å². The maximum atomic E-state index is 10.6. The van der Waals surface area contributed by atoms with Crippen molar-refractivity contribution >= 4 is 5.91 Å². The van der Waals surface area contributed by atoms with Crippen LogP contribution in [0.15, 0.2) is 18.2 Å². The fourth-order valence-electron chi connectivity index (χ4n) is 1.82. The first-order valence-corrected chi connectivity index (χ1v) is 6.43. The molecule has 0 aliphatic heterocycles. The first-order valence-electron chi connectivity index (χ1n) is 6.43. The summed E-state index contributed by atoms with van der Waals surface area (Å²) in [4.78, 5) is 10.6. The van der Waals surface area contributed by atoms with Gasteiger partial charge in [-0.3, -0.25) is 4.79 Å². The molecule has 1 rings (SSSR count). The Morgan fingerprint density at radius 2 is 2.21 bits per heavy atom. The Morgan fingerprint density at radius 1 is 1.47 bits per heavy atom. The van der Waals surface area contributed by atoms with E-state index < -0.39 is 0 Å². The largest absolute Gasteiger partial charge is 0.504 e. The zero-order chi connectivity index (χ0) is 14.3. The van der Waals surface area contributed by atoms with Crippen LogP contribution in [-0.4, -0.2) is 24.7 Å². The number of phenolic OH excluding ortho intramolecular Hbond substituents is 1. The Balaban J connectivity index is 2.40. The third-order valence-corrected chi connectivity index (χ3v) is 3.00. The predicted octanol–water partition coefficient (Wildman–Crippen LogP) is 1.71. The van der Waals surface area contributed by atoms with Gasteiger partial charge in [-0.2, -0.15) is 0 Å². The quantitative estimate of drug-likeness (QED) is 0.625. The van der Waals surface area contributed by atoms with Crippen LogP contribution in [0.5, 0.6) is 11.5 Å². The lowest BCUT2D eigenvalue weighted by molar-refractivity contribution is -0.118. The van der Waals surface area contributed by atoms with Gasteiger partial charge < -0.3 is 20.9 Å². The minimum Gasteiger partial charge on any atom is -0.504 e. The molecule has 1 atom stereocenters. The van der Waals surface area contributed by atoms with Crippen molar-refractivity contribution < 1.29 is 14.6 Å². The third-order valence-electron chi connectivity index (χ3n) is 3.00. The van der Waals surface area contributed by atoms with E-state index in [9.17, 15) is 9.90 Å². The summed E-state index contributed by atoms with van der Waals surface area (Å²) in [7, 11) is 1.53. The average Bonchev–Trinajstić information content (AvgIpc) is 2.38. The number of nitrogens with two attached hydrogens (primary N) is 1. The van der Waals surface area contributed by atoms with Crippen LogP contribution in [0.4, 0.5) is 0 Å². The second-order valence-electron chi connectivity index (χ2n) is 4.53. The van der Waals surface area contributed by atoms with Crippen molar-refractivity contribution in [1.29, 1.82) is 0 Å². The normalized spacial score (nSPS) is 12.1. The maximum Gasteiger partial charge on any atom is 0.217 e. The van der Waals surface area contributed by atoms with E-state index in [4.69, 9.17) is 10.5 Å². The molecule has 4 N–H and O–H groups in total. The van der Waals surface area contributed by atoms with E-state index in [1.54, 1.807) is 6.07 Å². The van der Waals surface area contributed by atoms with E-state index in [1.165, 1.54) is 7.11 Å². The summed E-state index contributed by atoms with van der Waals surface area (Å²) in [5.41, 5.74) is 6.12. The molecule has 0 bridgehead atoms. The zero-order valence-corrected chi connectivity index (χ0v) is 11.5. The van der Waals surface area contributed by atoms with Gasteiger partial charge in [0.25, 0.3) is 0 Å². The van der Waals surface area contributed by atoms with Crippen LogP contribution >= 0.6 is 0 Å². The van der Waals surface area contributed by atoms with Gasteiger partial charge in [0.1, 0.15) is 0 Å². The van der Waals surface area contributed by atoms with Crippen molar-refractivity contribution in [1.82, 2.24) is 5.32 Å². The summed E-state index contributed by atoms with van der Waals surface area (Å²) >= 11 is 0. The molecule has 0 fully saturated rings. The molecule has 0 saturated heterocycles. The highest BCUT2D eigenvalue weighted by Crippen LogP contribution is 2.28. The standard InChI is InChI=1S/C14H22N2O3/c1-10(16-8-4-3-5-14(15)18)11-6-7-12(17)13(9-11)19-2/h6-7,9-10,16-17H,3-5,8H2,1-2H3,(H2,15,18). The number of carbonyl (C=O) groups is 1. The number of hydrogen-bond donors (Lipinski definition) is 3. The van der Waals surface area contributed by atoms with Crippen LogP contribution in [0.2, 0.25) is 0 Å². The van der Waals surface area contributed by atoms with E-state index >= 15 is 0 Å². The number of carbonyl (C=O) groups excluding carboxylic acids is 1. The summed E-state index contributed by atoms with van der Waals surface area (Å²) in [5, 5.41) is 12.9. The minimum absolute atomic E-state index is 0.139. The van der Waals surface area contributed by atoms with Gasteiger partial charge in [0.15, 0.2) is 11.5 Å². The van der Waals surface area contributed by atoms with Crippen molar-refractivity contribution in [3.05, 3.63) is 23.8 Å². The molecule has 0 radical (unpaired) electrons. The number of nitrogens with one attached hydrogen (secondary N) is 1. The van der Waals surface area contributed by atoms with Crippen molar-refractivity contribution in [2.75, 3.05) is 13.7 Å². The van der Waals surface area contributed by atoms with E-state index in [1.807, 2.05) is 19.1 Å². The summed E-state index contributed by atoms with van der Waals surface area (Å²) in [6.07, 6.45) is 2.14. The van der Waals surface area contributed by atoms with Crippen LogP contribution in [-0.2, 0) is 4.79 Å². The average molecular weight is 266 g/mol. The van der Waals surface area contributed by atoms with Gasteiger partial charge in [-0.15, -0.1) is 0 Å². The highest BCUT2D eigenvalue weighted by atomic mass is 16.5. The van der Waals surface area contributed by atoms with Crippen LogP contribution in [0.3, 0.4) is 0 Å². The number of hydrogen-bond acceptors (Lipinski definition) is 4. The minimum atomic E-state index is -0.253. The van der Waals surface area contributed by atoms with Gasteiger partial charge in [-0.1, -0.05) is 6.07 Å². The molecule has 0 aliphatic rings. The Kier molecular flexibility index (Phi) is 6.15. The summed E-state index contributed by atoms with van der Waals surface area (Å²) in [5.74, 6) is 0.358. The first-order chi connectivity index (χ1) is 9.04. The number of methoxy groups -OCH3 is 1. The second-order valence-corrected chi connectivity index (χ2v) is 4.53. The van der Waals surface area contributed by atoms with Crippen LogP contribution in [0.25, 0.3) is 0 Å². The van der Waals surface area contributed by atoms with Gasteiger partial charge in [0, 0.05) is 12.5 Å². The molecule has 106 valence electrons. The molecule has 5 heteroatoms. The van der Waals surface area contributed by atoms with Gasteiger partial charge in [-0.25, -0.2) is 0 Å². The fourth-order valence-corrected chi connectivity index (χ4v) is 1.82. The van der Waals surface area contributed by atoms with E-state index in [0.717, 1.165) is 24.9 Å². The van der Waals surface area contributed by atoms with Crippen molar-refractivity contribution in [3.8, 4) is 11.5 Å². The highest BCUT2D eigenvalue weighted by Gasteiger charge is 2.08. The molecule has 5 nitrogen and oxygen atoms in total. The molecule has 19 heavy (non-hydrogen) atoms. The molecular weight excluding hydrogens is 244 g/mol. The number of phenols is 1. The Morgan fingerprint density at radius 3 is 2.84 bits per heavy atom. The SMILES string of the molecule is COc1cc(C(C)NCCCCC(N)=O)ccc1O. The van der Waals surface area contributed by atoms with Gasteiger partial charge in [0.2, 0.25) is 5.91 Å². The van der Waals surface area contributed by atoms with Crippen molar-refractivity contribution in [2.24, 2.45) is 5.73 Å². The number of benzene rings is 1. The van der Waals surface area contributed by atoms with Crippen LogP contribution < -0.4 is 15.8 Å². The smallest absolute Gasteiger partial charge is 0.217 e. The number of primary amides is 1. The van der Waals surface area contributed by atoms with Gasteiger partial charge in [0.05, 0.1) is 7.11 Å². The molecule has 0 spiro atoms. The van der Waals surface area contributed by atoms with E-state index in [-0.39, 0.29) is 17.7 Å². The Hall–Kier alpha value is -1.75. The van der Waals surface area contributed by atoms with Crippen LogP contribution in [0, 0.1) is 0 Å². The number of unbranched alkanes of at least 4 members (excludes halogenated alkanes) is 1. The zero-order valence-electron chi connectivity index (χ0n) is 11.5. The molecular formula is C14H22N2O3. The molecule has 0 saturated carbocycles. The number of rotatable bonds is 8. The molecule has 1 aromatic rings. The third kappa shape index (κ3) is 5.18. The lowest BCUT2D eigenvalue weighted by atomic mass is 10.1. The molecule has 1 unspecified atom stereocenters. The van der Waals surface area contributed by atoms with Gasteiger partial charge >= 0.3 is 0 Å². The topological polar surface area (TPSA) is 84.6 Å². The van der Waals surface area contributed by atoms with E-state index in [2.05, 4.69) is 5.32 Å². The Labute approximate surface area is 113 Å². The van der Waals surface area contributed by atoms with E-state index in [0.29, 0.717) is 12.2 Å². The number of aromatic hydroxyl groups is 1. The summed E-state index contributed by atoms with van der Waals surface area (Å²) in [6, 6.07) is 5.46. The molecule has 1 amide bonds. The summed E-state index contributed by atoms with van der Waals surface area (Å²) in [6.45, 7) is 2.86. The predicted molar refractivity (Wildman–Crippen MR) is 74.1 cm³/mol. The first kappa shape index (κ1) is 15.3. The molecule has 0 heterocycles.